The molecule has 1 rings (SSSR count). The van der Waals surface area contributed by atoms with E-state index in [9.17, 15) is 10.2 Å². The third-order valence-corrected chi connectivity index (χ3v) is 1.91. The Morgan fingerprint density at radius 1 is 1.07 bits per heavy atom. The second-order valence-corrected chi connectivity index (χ2v) is 4.48. The summed E-state index contributed by atoms with van der Waals surface area (Å²) in [4.78, 5) is 0. The van der Waals surface area contributed by atoms with Gasteiger partial charge in [0.05, 0.1) is 5.69 Å². The number of benzene rings is 1. The van der Waals surface area contributed by atoms with Crippen LogP contribution in [0.25, 0.3) is 0 Å². The molecular weight excluding hydrogens is 178 g/mol. The number of phenols is 2. The largest absolute Gasteiger partial charge is 0.508 e. The van der Waals surface area contributed by atoms with Crippen molar-refractivity contribution in [1.82, 2.24) is 0 Å². The summed E-state index contributed by atoms with van der Waals surface area (Å²) < 4.78 is 0. The second-order valence-electron chi connectivity index (χ2n) is 4.48. The Morgan fingerprint density at radius 2 is 1.57 bits per heavy atom. The van der Waals surface area contributed by atoms with Crippen LogP contribution in [0.5, 0.6) is 11.5 Å². The van der Waals surface area contributed by atoms with Gasteiger partial charge in [0.1, 0.15) is 11.5 Å². The van der Waals surface area contributed by atoms with Crippen LogP contribution in [0.1, 0.15) is 26.3 Å². The zero-order chi connectivity index (χ0) is 10.9. The van der Waals surface area contributed by atoms with Gasteiger partial charge in [-0.2, -0.15) is 0 Å². The van der Waals surface area contributed by atoms with Crippen LogP contribution in [0.2, 0.25) is 0 Å². The summed E-state index contributed by atoms with van der Waals surface area (Å²) in [6.45, 7) is 7.75. The Morgan fingerprint density at radius 3 is 2.07 bits per heavy atom. The number of phenolic OH excluding ortho intramolecular Hbond substituents is 2. The van der Waals surface area contributed by atoms with E-state index in [-0.39, 0.29) is 17.0 Å². The van der Waals surface area contributed by atoms with Crippen molar-refractivity contribution < 1.29 is 10.2 Å². The van der Waals surface area contributed by atoms with Crippen LogP contribution < -0.4 is 5.32 Å². The van der Waals surface area contributed by atoms with Crippen molar-refractivity contribution in [3.05, 3.63) is 17.7 Å². The van der Waals surface area contributed by atoms with Crippen LogP contribution in [0.3, 0.4) is 0 Å². The first-order chi connectivity index (χ1) is 6.31. The minimum atomic E-state index is -0.143. The van der Waals surface area contributed by atoms with Crippen molar-refractivity contribution in [3.63, 3.8) is 0 Å². The topological polar surface area (TPSA) is 52.5 Å². The standard InChI is InChI=1S/C11H17NO2/c1-7-8(13)5-6-9(14)10(7)12-11(2,3)4/h5-6,12-14H,1-4H3. The fourth-order valence-electron chi connectivity index (χ4n) is 1.22. The summed E-state index contributed by atoms with van der Waals surface area (Å²) in [6.07, 6.45) is 0. The molecule has 0 bridgehead atoms. The van der Waals surface area contributed by atoms with Crippen molar-refractivity contribution in [3.8, 4) is 11.5 Å². The lowest BCUT2D eigenvalue weighted by Crippen LogP contribution is -2.26. The highest BCUT2D eigenvalue weighted by atomic mass is 16.3. The molecule has 0 saturated carbocycles. The lowest BCUT2D eigenvalue weighted by molar-refractivity contribution is 0.456. The number of anilines is 1. The molecule has 0 radical (unpaired) electrons. The average molecular weight is 195 g/mol. The lowest BCUT2D eigenvalue weighted by atomic mass is 10.1. The van der Waals surface area contributed by atoms with Crippen molar-refractivity contribution >= 4 is 5.69 Å². The summed E-state index contributed by atoms with van der Waals surface area (Å²) in [5, 5.41) is 22.2. The van der Waals surface area contributed by atoms with E-state index in [2.05, 4.69) is 5.32 Å². The summed E-state index contributed by atoms with van der Waals surface area (Å²) in [5.74, 6) is 0.352. The van der Waals surface area contributed by atoms with Crippen LogP contribution >= 0.6 is 0 Å². The first kappa shape index (κ1) is 10.7. The van der Waals surface area contributed by atoms with Gasteiger partial charge in [-0.3, -0.25) is 0 Å². The molecule has 0 aromatic heterocycles. The smallest absolute Gasteiger partial charge is 0.139 e. The molecule has 0 aliphatic carbocycles. The van der Waals surface area contributed by atoms with E-state index in [1.807, 2.05) is 20.8 Å². The van der Waals surface area contributed by atoms with Gasteiger partial charge >= 0.3 is 0 Å². The molecule has 14 heavy (non-hydrogen) atoms. The van der Waals surface area contributed by atoms with E-state index in [1.165, 1.54) is 12.1 Å². The van der Waals surface area contributed by atoms with Crippen LogP contribution in [-0.4, -0.2) is 15.8 Å². The number of hydrogen-bond acceptors (Lipinski definition) is 3. The highest BCUT2D eigenvalue weighted by molar-refractivity contribution is 5.66. The fraction of sp³-hybridized carbons (Fsp3) is 0.455. The summed E-state index contributed by atoms with van der Waals surface area (Å²) in [5.41, 5.74) is 1.12. The van der Waals surface area contributed by atoms with Crippen LogP contribution in [0.15, 0.2) is 12.1 Å². The van der Waals surface area contributed by atoms with Gasteiger partial charge in [-0.15, -0.1) is 0 Å². The maximum Gasteiger partial charge on any atom is 0.139 e. The molecule has 0 atom stereocenters. The first-order valence-electron chi connectivity index (χ1n) is 4.61. The van der Waals surface area contributed by atoms with E-state index >= 15 is 0 Å². The lowest BCUT2D eigenvalue weighted by Gasteiger charge is -2.24. The van der Waals surface area contributed by atoms with Crippen molar-refractivity contribution in [2.45, 2.75) is 33.2 Å². The highest BCUT2D eigenvalue weighted by Gasteiger charge is 2.15. The van der Waals surface area contributed by atoms with Gasteiger partial charge in [-0.1, -0.05) is 0 Å². The number of hydrogen-bond donors (Lipinski definition) is 3. The molecule has 0 spiro atoms. The molecule has 3 N–H and O–H groups in total. The normalized spacial score (nSPS) is 11.4. The molecule has 0 aliphatic heterocycles. The van der Waals surface area contributed by atoms with E-state index in [0.717, 1.165) is 0 Å². The average Bonchev–Trinajstić information content (AvgIpc) is 2.04. The van der Waals surface area contributed by atoms with Gasteiger partial charge in [-0.25, -0.2) is 0 Å². The van der Waals surface area contributed by atoms with Gasteiger partial charge in [0.25, 0.3) is 0 Å². The quantitative estimate of drug-likeness (QED) is 0.477. The highest BCUT2D eigenvalue weighted by Crippen LogP contribution is 2.34. The molecule has 1 aromatic rings. The minimum Gasteiger partial charge on any atom is -0.508 e. The van der Waals surface area contributed by atoms with E-state index < -0.39 is 0 Å². The Labute approximate surface area is 84.4 Å². The van der Waals surface area contributed by atoms with Gasteiger partial charge < -0.3 is 15.5 Å². The van der Waals surface area contributed by atoms with Crippen molar-refractivity contribution in [1.29, 1.82) is 0 Å². The molecule has 3 heteroatoms. The van der Waals surface area contributed by atoms with E-state index in [1.54, 1.807) is 6.92 Å². The van der Waals surface area contributed by atoms with Gasteiger partial charge in [0, 0.05) is 11.1 Å². The molecule has 0 saturated heterocycles. The summed E-state index contributed by atoms with van der Waals surface area (Å²) in [7, 11) is 0. The molecule has 1 aromatic carbocycles. The molecule has 0 amide bonds. The molecular formula is C11H17NO2. The summed E-state index contributed by atoms with van der Waals surface area (Å²) in [6, 6.07) is 2.97. The monoisotopic (exact) mass is 195 g/mol. The predicted octanol–water partition coefficient (Wildman–Crippen LogP) is 2.62. The van der Waals surface area contributed by atoms with Crippen LogP contribution in [-0.2, 0) is 0 Å². The van der Waals surface area contributed by atoms with Crippen molar-refractivity contribution in [2.24, 2.45) is 0 Å². The minimum absolute atomic E-state index is 0.143. The Balaban J connectivity index is 3.13. The van der Waals surface area contributed by atoms with Crippen LogP contribution in [0, 0.1) is 6.92 Å². The zero-order valence-electron chi connectivity index (χ0n) is 9.05. The molecule has 0 fully saturated rings. The predicted molar refractivity (Wildman–Crippen MR) is 57.9 cm³/mol. The number of aromatic hydroxyl groups is 2. The number of rotatable bonds is 1. The Bertz CT molecular complexity index is 340. The molecule has 0 heterocycles. The van der Waals surface area contributed by atoms with E-state index in [0.29, 0.717) is 11.3 Å². The zero-order valence-corrected chi connectivity index (χ0v) is 9.05. The molecule has 78 valence electrons. The Hall–Kier alpha value is -1.38. The van der Waals surface area contributed by atoms with Gasteiger partial charge in [-0.05, 0) is 39.8 Å². The first-order valence-corrected chi connectivity index (χ1v) is 4.61. The van der Waals surface area contributed by atoms with Crippen LogP contribution in [0.4, 0.5) is 5.69 Å². The second kappa shape index (κ2) is 3.40. The SMILES string of the molecule is Cc1c(O)ccc(O)c1NC(C)(C)C. The van der Waals surface area contributed by atoms with E-state index in [4.69, 9.17) is 0 Å². The third kappa shape index (κ3) is 2.31. The van der Waals surface area contributed by atoms with Gasteiger partial charge in [0.15, 0.2) is 0 Å². The summed E-state index contributed by atoms with van der Waals surface area (Å²) >= 11 is 0. The number of nitrogens with one attached hydrogen (secondary N) is 1. The maximum atomic E-state index is 9.61. The van der Waals surface area contributed by atoms with Crippen molar-refractivity contribution in [2.75, 3.05) is 5.32 Å². The maximum absolute atomic E-state index is 9.61. The van der Waals surface area contributed by atoms with Gasteiger partial charge in [0.2, 0.25) is 0 Å². The fourth-order valence-corrected chi connectivity index (χ4v) is 1.22. The molecule has 0 aliphatic rings. The molecule has 3 nitrogen and oxygen atoms in total. The molecule has 0 unspecified atom stereocenters. The Kier molecular flexibility index (Phi) is 2.60. The third-order valence-electron chi connectivity index (χ3n) is 1.91.